The zero-order valence-corrected chi connectivity index (χ0v) is 15.2. The third-order valence-corrected chi connectivity index (χ3v) is 3.94. The lowest BCUT2D eigenvalue weighted by atomic mass is 10.2. The van der Waals surface area contributed by atoms with Gasteiger partial charge in [-0.1, -0.05) is 17.7 Å². The molecule has 0 aliphatic rings. The highest BCUT2D eigenvalue weighted by molar-refractivity contribution is 6.30. The number of pyridine rings is 1. The van der Waals surface area contributed by atoms with Gasteiger partial charge in [0.05, 0.1) is 24.6 Å². The van der Waals surface area contributed by atoms with Gasteiger partial charge in [0.2, 0.25) is 0 Å². The van der Waals surface area contributed by atoms with E-state index in [1.165, 1.54) is 7.11 Å². The summed E-state index contributed by atoms with van der Waals surface area (Å²) in [7, 11) is 1.33. The number of rotatable bonds is 5. The summed E-state index contributed by atoms with van der Waals surface area (Å²) in [4.78, 5) is 28.0. The van der Waals surface area contributed by atoms with E-state index in [-0.39, 0.29) is 5.91 Å². The monoisotopic (exact) mass is 381 g/mol. The van der Waals surface area contributed by atoms with Crippen molar-refractivity contribution in [2.75, 3.05) is 17.7 Å². The summed E-state index contributed by atoms with van der Waals surface area (Å²) >= 11 is 5.82. The normalized spacial score (nSPS) is 10.1. The van der Waals surface area contributed by atoms with Gasteiger partial charge < -0.3 is 15.4 Å². The molecule has 0 saturated carbocycles. The molecule has 1 aromatic heterocycles. The molecule has 7 heteroatoms. The fourth-order valence-electron chi connectivity index (χ4n) is 2.34. The molecule has 0 radical (unpaired) electrons. The van der Waals surface area contributed by atoms with Crippen molar-refractivity contribution in [3.63, 3.8) is 0 Å². The highest BCUT2D eigenvalue weighted by Crippen LogP contribution is 2.18. The van der Waals surface area contributed by atoms with Crippen molar-refractivity contribution in [1.29, 1.82) is 0 Å². The molecule has 0 spiro atoms. The number of esters is 1. The number of amides is 1. The van der Waals surface area contributed by atoms with Crippen LogP contribution in [0, 0.1) is 0 Å². The van der Waals surface area contributed by atoms with Crippen molar-refractivity contribution in [3.8, 4) is 0 Å². The van der Waals surface area contributed by atoms with E-state index >= 15 is 0 Å². The van der Waals surface area contributed by atoms with Gasteiger partial charge in [0.25, 0.3) is 5.91 Å². The molecule has 27 heavy (non-hydrogen) atoms. The van der Waals surface area contributed by atoms with Gasteiger partial charge in [-0.15, -0.1) is 0 Å². The van der Waals surface area contributed by atoms with Crippen LogP contribution < -0.4 is 10.6 Å². The second kappa shape index (κ2) is 8.33. The molecule has 0 aliphatic heterocycles. The first-order chi connectivity index (χ1) is 13.0. The number of carbonyl (C=O) groups excluding carboxylic acids is 2. The third-order valence-electron chi connectivity index (χ3n) is 3.68. The third kappa shape index (κ3) is 4.83. The molecule has 2 aromatic carbocycles. The molecule has 136 valence electrons. The summed E-state index contributed by atoms with van der Waals surface area (Å²) in [5.74, 6) is -0.0895. The molecule has 0 fully saturated rings. The predicted molar refractivity (Wildman–Crippen MR) is 105 cm³/mol. The zero-order chi connectivity index (χ0) is 19.2. The average Bonchev–Trinajstić information content (AvgIpc) is 2.69. The van der Waals surface area contributed by atoms with Crippen LogP contribution in [0.3, 0.4) is 0 Å². The van der Waals surface area contributed by atoms with Crippen molar-refractivity contribution in [2.45, 2.75) is 0 Å². The quantitative estimate of drug-likeness (QED) is 0.635. The smallest absolute Gasteiger partial charge is 0.337 e. The molecule has 1 heterocycles. The molecule has 0 saturated heterocycles. The second-order valence-corrected chi connectivity index (χ2v) is 6.03. The number of methoxy groups -OCH3 is 1. The maximum absolute atomic E-state index is 12.2. The van der Waals surface area contributed by atoms with Crippen LogP contribution in [0.15, 0.2) is 66.9 Å². The van der Waals surface area contributed by atoms with Crippen LogP contribution >= 0.6 is 11.6 Å². The number of hydrogen-bond donors (Lipinski definition) is 2. The largest absolute Gasteiger partial charge is 0.465 e. The van der Waals surface area contributed by atoms with Crippen LogP contribution in [0.1, 0.15) is 20.7 Å². The molecule has 0 atom stereocenters. The van der Waals surface area contributed by atoms with Gasteiger partial charge in [-0.2, -0.15) is 0 Å². The molecule has 3 rings (SSSR count). The molecular formula is C20H16ClN3O3. The van der Waals surface area contributed by atoms with E-state index in [9.17, 15) is 9.59 Å². The van der Waals surface area contributed by atoms with Crippen molar-refractivity contribution in [2.24, 2.45) is 0 Å². The Kier molecular flexibility index (Phi) is 5.68. The van der Waals surface area contributed by atoms with E-state index in [1.54, 1.807) is 60.8 Å². The summed E-state index contributed by atoms with van der Waals surface area (Å²) < 4.78 is 4.71. The van der Waals surface area contributed by atoms with Crippen LogP contribution in [-0.2, 0) is 4.74 Å². The van der Waals surface area contributed by atoms with E-state index in [2.05, 4.69) is 15.6 Å². The van der Waals surface area contributed by atoms with E-state index < -0.39 is 5.97 Å². The average molecular weight is 382 g/mol. The number of benzene rings is 2. The maximum Gasteiger partial charge on any atom is 0.337 e. The Balaban J connectivity index is 1.66. The molecule has 0 unspecified atom stereocenters. The SMILES string of the molecule is COC(=O)c1cccc(Nc2ccc(NC(=O)c3ccc(Cl)cc3)cn2)c1. The van der Waals surface area contributed by atoms with Crippen molar-refractivity contribution in [3.05, 3.63) is 83.0 Å². The minimum Gasteiger partial charge on any atom is -0.465 e. The number of carbonyl (C=O) groups is 2. The highest BCUT2D eigenvalue weighted by atomic mass is 35.5. The van der Waals surface area contributed by atoms with Crippen LogP contribution in [0.25, 0.3) is 0 Å². The molecule has 2 N–H and O–H groups in total. The van der Waals surface area contributed by atoms with Crippen LogP contribution in [0.4, 0.5) is 17.2 Å². The van der Waals surface area contributed by atoms with E-state index in [4.69, 9.17) is 16.3 Å². The lowest BCUT2D eigenvalue weighted by Gasteiger charge is -2.09. The lowest BCUT2D eigenvalue weighted by molar-refractivity contribution is 0.0600. The topological polar surface area (TPSA) is 80.3 Å². The Labute approximate surface area is 161 Å². The number of hydrogen-bond acceptors (Lipinski definition) is 5. The first-order valence-corrected chi connectivity index (χ1v) is 8.41. The molecule has 0 aliphatic carbocycles. The summed E-state index contributed by atoms with van der Waals surface area (Å²) in [5.41, 5.74) is 2.20. The van der Waals surface area contributed by atoms with E-state index in [1.807, 2.05) is 6.07 Å². The number of aromatic nitrogens is 1. The molecule has 6 nitrogen and oxygen atoms in total. The summed E-state index contributed by atoms with van der Waals surface area (Å²) in [6.45, 7) is 0. The van der Waals surface area contributed by atoms with Crippen molar-refractivity contribution >= 4 is 40.7 Å². The van der Waals surface area contributed by atoms with Gasteiger partial charge in [0.15, 0.2) is 0 Å². The predicted octanol–water partition coefficient (Wildman–Crippen LogP) is 4.52. The first-order valence-electron chi connectivity index (χ1n) is 8.03. The Morgan fingerprint density at radius 2 is 1.74 bits per heavy atom. The standard InChI is InChI=1S/C20H16ClN3O3/c1-27-20(26)14-3-2-4-16(11-14)23-18-10-9-17(12-22-18)24-19(25)13-5-7-15(21)8-6-13/h2-12H,1H3,(H,22,23)(H,24,25). The van der Waals surface area contributed by atoms with Crippen LogP contribution in [0.5, 0.6) is 0 Å². The van der Waals surface area contributed by atoms with E-state index in [0.717, 1.165) is 0 Å². The maximum atomic E-state index is 12.2. The van der Waals surface area contributed by atoms with Crippen molar-refractivity contribution < 1.29 is 14.3 Å². The number of nitrogens with zero attached hydrogens (tertiary/aromatic N) is 1. The first kappa shape index (κ1) is 18.4. The molecule has 1 amide bonds. The number of halogens is 1. The highest BCUT2D eigenvalue weighted by Gasteiger charge is 2.08. The van der Waals surface area contributed by atoms with Crippen LogP contribution in [-0.4, -0.2) is 24.0 Å². The second-order valence-electron chi connectivity index (χ2n) is 5.59. The van der Waals surface area contributed by atoms with Gasteiger partial charge in [0, 0.05) is 16.3 Å². The number of anilines is 3. The van der Waals surface area contributed by atoms with Crippen molar-refractivity contribution in [1.82, 2.24) is 4.98 Å². The summed E-state index contributed by atoms with van der Waals surface area (Å²) in [6, 6.07) is 17.0. The molecule has 3 aromatic rings. The van der Waals surface area contributed by atoms with Gasteiger partial charge in [-0.25, -0.2) is 9.78 Å². The lowest BCUT2D eigenvalue weighted by Crippen LogP contribution is -2.11. The van der Waals surface area contributed by atoms with Gasteiger partial charge in [-0.3, -0.25) is 4.79 Å². The molecule has 0 bridgehead atoms. The Bertz CT molecular complexity index is 957. The summed E-state index contributed by atoms with van der Waals surface area (Å²) in [5, 5.41) is 6.43. The number of ether oxygens (including phenoxy) is 1. The minimum atomic E-state index is -0.410. The minimum absolute atomic E-state index is 0.250. The Morgan fingerprint density at radius 3 is 2.41 bits per heavy atom. The van der Waals surface area contributed by atoms with E-state index in [0.29, 0.717) is 33.3 Å². The van der Waals surface area contributed by atoms with Gasteiger partial charge in [-0.05, 0) is 54.6 Å². The van der Waals surface area contributed by atoms with Gasteiger partial charge in [0.1, 0.15) is 5.82 Å². The fraction of sp³-hybridized carbons (Fsp3) is 0.0500. The fourth-order valence-corrected chi connectivity index (χ4v) is 2.46. The Hall–Kier alpha value is -3.38. The van der Waals surface area contributed by atoms with Gasteiger partial charge >= 0.3 is 5.97 Å². The summed E-state index contributed by atoms with van der Waals surface area (Å²) in [6.07, 6.45) is 1.54. The number of nitrogens with one attached hydrogen (secondary N) is 2. The molecular weight excluding hydrogens is 366 g/mol. The van der Waals surface area contributed by atoms with Crippen LogP contribution in [0.2, 0.25) is 5.02 Å². The zero-order valence-electron chi connectivity index (χ0n) is 14.4. The Morgan fingerprint density at radius 1 is 0.963 bits per heavy atom.